The van der Waals surface area contributed by atoms with Crippen LogP contribution in [0.2, 0.25) is 10.0 Å². The van der Waals surface area contributed by atoms with Crippen molar-refractivity contribution >= 4 is 53.3 Å². The van der Waals surface area contributed by atoms with E-state index in [1.807, 2.05) is 29.2 Å². The lowest BCUT2D eigenvalue weighted by Gasteiger charge is -2.25. The Hall–Kier alpha value is -2.90. The Bertz CT molecular complexity index is 1040. The number of fused-ring (bicyclic) bond motifs is 1. The molecule has 0 fully saturated rings. The summed E-state index contributed by atoms with van der Waals surface area (Å²) < 4.78 is 0. The van der Waals surface area contributed by atoms with Gasteiger partial charge >= 0.3 is 0 Å². The van der Waals surface area contributed by atoms with Crippen molar-refractivity contribution in [3.8, 4) is 0 Å². The number of carbonyl (C=O) groups excluding carboxylic acids is 1. The Morgan fingerprint density at radius 2 is 1.94 bits per heavy atom. The van der Waals surface area contributed by atoms with Crippen LogP contribution in [0.4, 0.5) is 5.69 Å². The Labute approximate surface area is 190 Å². The van der Waals surface area contributed by atoms with E-state index in [0.717, 1.165) is 23.2 Å². The molecule has 160 valence electrons. The average molecular weight is 457 g/mol. The second kappa shape index (κ2) is 9.08. The third-order valence-corrected chi connectivity index (χ3v) is 6.24. The van der Waals surface area contributed by atoms with Gasteiger partial charge in [-0.15, -0.1) is 0 Å². The fourth-order valence-electron chi connectivity index (χ4n) is 3.87. The largest absolute Gasteiger partial charge is 0.356 e. The molecule has 0 aliphatic carbocycles. The van der Waals surface area contributed by atoms with Gasteiger partial charge in [0, 0.05) is 22.2 Å². The van der Waals surface area contributed by atoms with Crippen LogP contribution in [-0.4, -0.2) is 47.9 Å². The van der Waals surface area contributed by atoms with Crippen LogP contribution in [-0.2, 0) is 17.8 Å². The highest BCUT2D eigenvalue weighted by molar-refractivity contribution is 6.36. The zero-order valence-corrected chi connectivity index (χ0v) is 18.2. The number of hydrogen-bond donors (Lipinski definition) is 3. The fourth-order valence-corrected chi connectivity index (χ4v) is 4.39. The van der Waals surface area contributed by atoms with Crippen LogP contribution in [0.15, 0.2) is 47.5 Å². The monoisotopic (exact) mass is 456 g/mol. The number of amidine groups is 1. The van der Waals surface area contributed by atoms with Crippen LogP contribution in [0.1, 0.15) is 17.5 Å². The predicted octanol–water partition coefficient (Wildman–Crippen LogP) is 3.73. The van der Waals surface area contributed by atoms with E-state index in [0.29, 0.717) is 36.0 Å². The first-order valence-electron chi connectivity index (χ1n) is 9.94. The molecule has 3 N–H and O–H groups in total. The summed E-state index contributed by atoms with van der Waals surface area (Å²) in [7, 11) is 0. The van der Waals surface area contributed by atoms with Gasteiger partial charge in [-0.3, -0.25) is 25.5 Å². The molecule has 0 bridgehead atoms. The van der Waals surface area contributed by atoms with Crippen molar-refractivity contribution in [2.24, 2.45) is 4.99 Å². The van der Waals surface area contributed by atoms with Crippen molar-refractivity contribution in [1.29, 1.82) is 10.8 Å². The molecule has 2 aromatic carbocycles. The molecule has 1 amide bonds. The minimum Gasteiger partial charge on any atom is -0.356 e. The van der Waals surface area contributed by atoms with Gasteiger partial charge in [-0.1, -0.05) is 47.5 Å². The Balaban J connectivity index is 1.40. The van der Waals surface area contributed by atoms with Gasteiger partial charge in [0.05, 0.1) is 31.0 Å². The van der Waals surface area contributed by atoms with Crippen molar-refractivity contribution in [2.75, 3.05) is 11.4 Å². The molecule has 2 aromatic rings. The lowest BCUT2D eigenvalue weighted by atomic mass is 10.1. The molecule has 4 rings (SSSR count). The molecule has 9 heteroatoms. The van der Waals surface area contributed by atoms with Gasteiger partial charge in [-0.2, -0.15) is 0 Å². The van der Waals surface area contributed by atoms with E-state index in [4.69, 9.17) is 34.0 Å². The van der Waals surface area contributed by atoms with Gasteiger partial charge in [-0.25, -0.2) is 0 Å². The molecule has 0 saturated carbocycles. The van der Waals surface area contributed by atoms with E-state index in [1.54, 1.807) is 24.5 Å². The molecule has 0 saturated heterocycles. The second-order valence-corrected chi connectivity index (χ2v) is 8.34. The third-order valence-electron chi connectivity index (χ3n) is 5.53. The highest BCUT2D eigenvalue weighted by Gasteiger charge is 2.31. The number of halogens is 2. The SMILES string of the molecule is N=CN1C(=N)C(NC(=O)[C@@H]2CN(Cc3c(Cl)cccc3Cl)C=N2)CCc2ccccc21. The van der Waals surface area contributed by atoms with Gasteiger partial charge in [-0.05, 0) is 36.6 Å². The molecular weight excluding hydrogens is 435 g/mol. The van der Waals surface area contributed by atoms with Crippen molar-refractivity contribution in [1.82, 2.24) is 10.2 Å². The van der Waals surface area contributed by atoms with Crippen LogP contribution in [0.5, 0.6) is 0 Å². The molecule has 1 unspecified atom stereocenters. The molecule has 31 heavy (non-hydrogen) atoms. The van der Waals surface area contributed by atoms with Gasteiger partial charge in [0.25, 0.3) is 0 Å². The maximum atomic E-state index is 12.9. The molecule has 7 nitrogen and oxygen atoms in total. The summed E-state index contributed by atoms with van der Waals surface area (Å²) in [5.74, 6) is -0.0652. The van der Waals surface area contributed by atoms with Crippen LogP contribution in [0, 0.1) is 10.8 Å². The maximum Gasteiger partial charge on any atom is 0.247 e. The Morgan fingerprint density at radius 3 is 2.68 bits per heavy atom. The second-order valence-electron chi connectivity index (χ2n) is 7.52. The van der Waals surface area contributed by atoms with Crippen molar-refractivity contribution in [3.05, 3.63) is 63.6 Å². The van der Waals surface area contributed by atoms with E-state index in [9.17, 15) is 4.79 Å². The van der Waals surface area contributed by atoms with Gasteiger partial charge in [0.2, 0.25) is 5.91 Å². The number of rotatable bonds is 5. The molecule has 2 aliphatic rings. The van der Waals surface area contributed by atoms with E-state index in [-0.39, 0.29) is 11.7 Å². The number of para-hydroxylation sites is 1. The summed E-state index contributed by atoms with van der Waals surface area (Å²) in [6.07, 6.45) is 4.05. The number of benzene rings is 2. The van der Waals surface area contributed by atoms with E-state index in [1.165, 1.54) is 4.90 Å². The van der Waals surface area contributed by atoms with Crippen LogP contribution < -0.4 is 10.2 Å². The number of nitrogens with one attached hydrogen (secondary N) is 3. The predicted molar refractivity (Wildman–Crippen MR) is 125 cm³/mol. The number of nitrogens with zero attached hydrogens (tertiary/aromatic N) is 3. The van der Waals surface area contributed by atoms with E-state index < -0.39 is 12.1 Å². The first-order chi connectivity index (χ1) is 15.0. The summed E-state index contributed by atoms with van der Waals surface area (Å²) in [6, 6.07) is 12.0. The lowest BCUT2D eigenvalue weighted by Crippen LogP contribution is -2.50. The van der Waals surface area contributed by atoms with E-state index >= 15 is 0 Å². The van der Waals surface area contributed by atoms with E-state index in [2.05, 4.69) is 10.3 Å². The standard InChI is InChI=1S/C22H22Cl2N6O/c23-16-5-3-6-17(24)15(16)10-29-11-19(27-13-29)22(31)28-18-9-8-14-4-1-2-7-20(14)30(12-25)21(18)26/h1-7,12-13,18-19,25-26H,8-11H2,(H,28,31)/t18?,19-/m0/s1. The quantitative estimate of drug-likeness (QED) is 0.472. The molecule has 0 spiro atoms. The molecule has 2 aliphatic heterocycles. The maximum absolute atomic E-state index is 12.9. The van der Waals surface area contributed by atoms with Crippen molar-refractivity contribution in [3.63, 3.8) is 0 Å². The average Bonchev–Trinajstić information content (AvgIpc) is 3.19. The highest BCUT2D eigenvalue weighted by Crippen LogP contribution is 2.27. The topological polar surface area (TPSA) is 95.6 Å². The number of aryl methyl sites for hydroxylation is 1. The lowest BCUT2D eigenvalue weighted by molar-refractivity contribution is -0.122. The van der Waals surface area contributed by atoms with Crippen LogP contribution in [0.3, 0.4) is 0 Å². The number of anilines is 1. The smallest absolute Gasteiger partial charge is 0.247 e. The minimum absolute atomic E-state index is 0.176. The first kappa shape index (κ1) is 21.3. The van der Waals surface area contributed by atoms with Crippen LogP contribution >= 0.6 is 23.2 Å². The number of aliphatic imine (C=N–C) groups is 1. The Morgan fingerprint density at radius 1 is 1.19 bits per heavy atom. The van der Waals surface area contributed by atoms with Crippen molar-refractivity contribution < 1.29 is 4.79 Å². The first-order valence-corrected chi connectivity index (χ1v) is 10.7. The zero-order valence-electron chi connectivity index (χ0n) is 16.7. The molecule has 0 radical (unpaired) electrons. The van der Waals surface area contributed by atoms with Gasteiger partial charge in [0.1, 0.15) is 11.9 Å². The van der Waals surface area contributed by atoms with Gasteiger partial charge in [0.15, 0.2) is 0 Å². The normalized spacial score (nSPS) is 20.4. The highest BCUT2D eigenvalue weighted by atomic mass is 35.5. The Kier molecular flexibility index (Phi) is 6.25. The number of carbonyl (C=O) groups is 1. The summed E-state index contributed by atoms with van der Waals surface area (Å²) in [6.45, 7) is 0.865. The number of amides is 1. The van der Waals surface area contributed by atoms with Gasteiger partial charge < -0.3 is 10.2 Å². The fraction of sp³-hybridized carbons (Fsp3) is 0.273. The summed E-state index contributed by atoms with van der Waals surface area (Å²) >= 11 is 12.5. The van der Waals surface area contributed by atoms with Crippen molar-refractivity contribution in [2.45, 2.75) is 31.5 Å². The minimum atomic E-state index is -0.576. The molecule has 2 heterocycles. The summed E-state index contributed by atoms with van der Waals surface area (Å²) in [5, 5.41) is 20.4. The third kappa shape index (κ3) is 4.43. The van der Waals surface area contributed by atoms with Crippen LogP contribution in [0.25, 0.3) is 0 Å². The molecule has 0 aromatic heterocycles. The zero-order chi connectivity index (χ0) is 22.0. The number of hydrogen-bond acceptors (Lipinski definition) is 5. The molecule has 2 atom stereocenters. The summed E-state index contributed by atoms with van der Waals surface area (Å²) in [4.78, 5) is 20.6. The molecular formula is C22H22Cl2N6O. The summed E-state index contributed by atoms with van der Waals surface area (Å²) in [5.41, 5.74) is 2.65.